The minimum absolute atomic E-state index is 0.0364. The molecule has 0 aliphatic rings. The largest absolute Gasteiger partial charge is 0.508 e. The molecule has 0 atom stereocenters. The Kier molecular flexibility index (Phi) is 8.23. The Balaban J connectivity index is 2.15. The molecule has 244 valence electrons. The molecule has 17 heteroatoms. The van der Waals surface area contributed by atoms with E-state index in [1.807, 2.05) is 0 Å². The van der Waals surface area contributed by atoms with Crippen molar-refractivity contribution in [3.8, 4) is 16.9 Å². The molecule has 0 aliphatic carbocycles. The first-order valence-electron chi connectivity index (χ1n) is 12.6. The Morgan fingerprint density at radius 1 is 0.298 bits per heavy atom. The molecule has 0 bridgehead atoms. The second kappa shape index (κ2) is 11.6. The summed E-state index contributed by atoms with van der Waals surface area (Å²) in [5, 5.41) is 9.51. The van der Waals surface area contributed by atoms with Gasteiger partial charge in [0.2, 0.25) is 0 Å². The first kappa shape index (κ1) is 33.3. The van der Waals surface area contributed by atoms with E-state index in [1.54, 1.807) is 0 Å². The fourth-order valence-electron chi connectivity index (χ4n) is 5.56. The van der Waals surface area contributed by atoms with Gasteiger partial charge in [-0.3, -0.25) is 0 Å². The summed E-state index contributed by atoms with van der Waals surface area (Å²) in [4.78, 5) is 0. The van der Waals surface area contributed by atoms with Crippen molar-refractivity contribution in [2.24, 2.45) is 0 Å². The predicted octanol–water partition coefficient (Wildman–Crippen LogP) is 6.52. The first-order chi connectivity index (χ1) is 22.0. The predicted molar refractivity (Wildman–Crippen MR) is 137 cm³/mol. The molecule has 5 rings (SSSR count). The van der Waals surface area contributed by atoms with Crippen LogP contribution >= 0.6 is 0 Å². The maximum atomic E-state index is 15.7. The van der Waals surface area contributed by atoms with Crippen LogP contribution in [0, 0.1) is 87.3 Å². The highest BCUT2D eigenvalue weighted by Gasteiger charge is 2.48. The number of aromatic hydroxyl groups is 1. The van der Waals surface area contributed by atoms with Gasteiger partial charge in [0.25, 0.3) is 0 Å². The monoisotopic (exact) mass is 681 g/mol. The van der Waals surface area contributed by atoms with E-state index in [4.69, 9.17) is 0 Å². The highest BCUT2D eigenvalue weighted by Crippen LogP contribution is 2.29. The molecule has 0 radical (unpaired) electrons. The number of phenols is 1. The molecule has 0 aliphatic heterocycles. The molecule has 47 heavy (non-hydrogen) atoms. The van der Waals surface area contributed by atoms with E-state index in [0.717, 1.165) is 24.3 Å². The van der Waals surface area contributed by atoms with E-state index < -0.39 is 115 Å². The Bertz CT molecular complexity index is 1840. The van der Waals surface area contributed by atoms with Crippen molar-refractivity contribution in [1.82, 2.24) is 0 Å². The van der Waals surface area contributed by atoms with Crippen LogP contribution in [0.5, 0.6) is 5.75 Å². The van der Waals surface area contributed by atoms with Gasteiger partial charge in [-0.15, -0.1) is 16.4 Å². The lowest BCUT2D eigenvalue weighted by Crippen LogP contribution is -2.79. The molecular formula is C30H9BF15O-. The maximum Gasteiger partial charge on any atom is 0.200 e. The fourth-order valence-corrected chi connectivity index (χ4v) is 5.56. The molecule has 1 N–H and O–H groups in total. The van der Waals surface area contributed by atoms with Crippen molar-refractivity contribution in [3.63, 3.8) is 0 Å². The molecule has 0 amide bonds. The SMILES string of the molecule is Oc1ccc(-c2ccc([B-](c3c(F)c(F)c(F)c(F)c3F)(c3c(F)c(F)c(F)c(F)c3F)c3c(F)c(F)c(F)c(F)c3F)cc2)cc1. The molecule has 5 aromatic carbocycles. The molecule has 0 saturated heterocycles. The fraction of sp³-hybridized carbons (Fsp3) is 0. The molecule has 0 spiro atoms. The Labute approximate surface area is 252 Å². The average Bonchev–Trinajstić information content (AvgIpc) is 3.06. The number of phenolic OH excluding ortho intramolecular Hbond substituents is 1. The lowest BCUT2D eigenvalue weighted by Gasteiger charge is -2.44. The second-order valence-corrected chi connectivity index (χ2v) is 9.99. The van der Waals surface area contributed by atoms with Crippen molar-refractivity contribution in [2.45, 2.75) is 0 Å². The standard InChI is InChI=1S/C30H9BF15O/c32-16-13(17(33)23(39)28(44)22(16)38)31(14-18(34)24(40)29(45)25(41)19(14)35,15-20(36)26(42)30(46)27(43)21(15)37)11-5-1-9(2-6-11)10-3-7-12(47)8-4-10/h1-8,47H/q-1. The van der Waals surface area contributed by atoms with E-state index in [2.05, 4.69) is 0 Å². The Morgan fingerprint density at radius 2 is 0.511 bits per heavy atom. The summed E-state index contributed by atoms with van der Waals surface area (Å²) >= 11 is 0. The van der Waals surface area contributed by atoms with E-state index in [1.165, 1.54) is 12.1 Å². The van der Waals surface area contributed by atoms with Gasteiger partial charge in [0.1, 0.15) is 46.8 Å². The third-order valence-electron chi connectivity index (χ3n) is 7.64. The summed E-state index contributed by atoms with van der Waals surface area (Å²) in [6, 6.07) is 7.05. The molecule has 0 aromatic heterocycles. The molecule has 5 aromatic rings. The van der Waals surface area contributed by atoms with E-state index in [9.17, 15) is 44.6 Å². The topological polar surface area (TPSA) is 20.2 Å². The van der Waals surface area contributed by atoms with Gasteiger partial charge in [-0.25, -0.2) is 65.9 Å². The molecular weight excluding hydrogens is 672 g/mol. The minimum atomic E-state index is -5.85. The van der Waals surface area contributed by atoms with Gasteiger partial charge in [0.15, 0.2) is 52.4 Å². The summed E-state index contributed by atoms with van der Waals surface area (Å²) in [5.41, 5.74) is -9.50. The number of halogens is 15. The highest BCUT2D eigenvalue weighted by molar-refractivity contribution is 7.20. The summed E-state index contributed by atoms with van der Waals surface area (Å²) in [6.07, 6.45) is -5.85. The normalized spacial score (nSPS) is 11.8. The van der Waals surface area contributed by atoms with Crippen molar-refractivity contribution in [1.29, 1.82) is 0 Å². The summed E-state index contributed by atoms with van der Waals surface area (Å²) in [7, 11) is 0. The third-order valence-corrected chi connectivity index (χ3v) is 7.64. The summed E-state index contributed by atoms with van der Waals surface area (Å²) in [6.45, 7) is 0. The van der Waals surface area contributed by atoms with Gasteiger partial charge in [-0.2, -0.15) is 5.46 Å². The van der Waals surface area contributed by atoms with Gasteiger partial charge in [0, 0.05) is 0 Å². The van der Waals surface area contributed by atoms with E-state index in [0.29, 0.717) is 12.1 Å². The minimum Gasteiger partial charge on any atom is -0.508 e. The maximum absolute atomic E-state index is 15.7. The van der Waals surface area contributed by atoms with Gasteiger partial charge < -0.3 is 5.11 Å². The van der Waals surface area contributed by atoms with Crippen LogP contribution in [0.2, 0.25) is 0 Å². The smallest absolute Gasteiger partial charge is 0.200 e. The van der Waals surface area contributed by atoms with E-state index >= 15 is 26.3 Å². The van der Waals surface area contributed by atoms with Crippen LogP contribution in [0.25, 0.3) is 11.1 Å². The van der Waals surface area contributed by atoms with Crippen molar-refractivity contribution >= 4 is 28.0 Å². The van der Waals surface area contributed by atoms with Crippen LogP contribution in [0.1, 0.15) is 0 Å². The average molecular weight is 681 g/mol. The van der Waals surface area contributed by atoms with Gasteiger partial charge in [-0.1, -0.05) is 36.4 Å². The third kappa shape index (κ3) is 4.69. The number of hydrogen-bond donors (Lipinski definition) is 1. The van der Waals surface area contributed by atoms with Gasteiger partial charge >= 0.3 is 0 Å². The molecule has 0 fully saturated rings. The first-order valence-corrected chi connectivity index (χ1v) is 12.6. The molecule has 0 unspecified atom stereocenters. The van der Waals surface area contributed by atoms with Crippen molar-refractivity contribution < 1.29 is 71.0 Å². The van der Waals surface area contributed by atoms with Crippen molar-refractivity contribution in [2.75, 3.05) is 0 Å². The zero-order valence-corrected chi connectivity index (χ0v) is 22.3. The lowest BCUT2D eigenvalue weighted by atomic mass is 9.12. The van der Waals surface area contributed by atoms with Crippen LogP contribution in [0.4, 0.5) is 65.9 Å². The summed E-state index contributed by atoms with van der Waals surface area (Å²) < 4.78 is 225. The van der Waals surface area contributed by atoms with Crippen LogP contribution in [0.3, 0.4) is 0 Å². The quantitative estimate of drug-likeness (QED) is 0.0970. The highest BCUT2D eigenvalue weighted by atomic mass is 19.2. The molecule has 0 heterocycles. The van der Waals surface area contributed by atoms with Crippen LogP contribution in [-0.2, 0) is 0 Å². The zero-order valence-electron chi connectivity index (χ0n) is 22.3. The molecule has 1 nitrogen and oxygen atoms in total. The van der Waals surface area contributed by atoms with E-state index in [-0.39, 0.29) is 16.9 Å². The Hall–Kier alpha value is -5.09. The van der Waals surface area contributed by atoms with Gasteiger partial charge in [0.05, 0.1) is 0 Å². The van der Waals surface area contributed by atoms with Crippen LogP contribution in [0.15, 0.2) is 48.5 Å². The zero-order chi connectivity index (χ0) is 34.9. The number of hydrogen-bond acceptors (Lipinski definition) is 1. The van der Waals surface area contributed by atoms with Crippen LogP contribution < -0.4 is 21.9 Å². The second-order valence-electron chi connectivity index (χ2n) is 9.99. The Morgan fingerprint density at radius 3 is 0.766 bits per heavy atom. The van der Waals surface area contributed by atoms with Crippen LogP contribution in [-0.4, -0.2) is 11.3 Å². The number of rotatable bonds is 5. The molecule has 0 saturated carbocycles. The van der Waals surface area contributed by atoms with Crippen molar-refractivity contribution in [3.05, 3.63) is 136 Å². The summed E-state index contributed by atoms with van der Waals surface area (Å²) in [5.74, 6) is -46.2. The number of benzene rings is 5. The lowest BCUT2D eigenvalue weighted by molar-refractivity contribution is 0.380. The van der Waals surface area contributed by atoms with Gasteiger partial charge in [-0.05, 0) is 23.3 Å².